The van der Waals surface area contributed by atoms with E-state index < -0.39 is 6.10 Å². The van der Waals surface area contributed by atoms with Crippen molar-refractivity contribution in [1.29, 1.82) is 0 Å². The molecule has 1 saturated carbocycles. The minimum Gasteiger partial charge on any atom is -0.497 e. The predicted octanol–water partition coefficient (Wildman–Crippen LogP) is 2.52. The molecule has 5 heteroatoms. The average Bonchev–Trinajstić information content (AvgIpc) is 3.37. The SMILES string of the molecule is COC[C@@H](O)CN(Cc1cccn1Cc1cccc(OC)c1)C1CC1. The van der Waals surface area contributed by atoms with Crippen LogP contribution in [-0.2, 0) is 17.8 Å². The Labute approximate surface area is 149 Å². The van der Waals surface area contributed by atoms with Crippen LogP contribution in [0.2, 0.25) is 0 Å². The van der Waals surface area contributed by atoms with E-state index in [1.54, 1.807) is 14.2 Å². The second-order valence-electron chi connectivity index (χ2n) is 6.75. The fourth-order valence-corrected chi connectivity index (χ4v) is 3.22. The predicted molar refractivity (Wildman–Crippen MR) is 97.8 cm³/mol. The Morgan fingerprint density at radius 1 is 1.24 bits per heavy atom. The van der Waals surface area contributed by atoms with Gasteiger partial charge in [-0.1, -0.05) is 12.1 Å². The minimum absolute atomic E-state index is 0.383. The lowest BCUT2D eigenvalue weighted by molar-refractivity contribution is 0.0332. The molecule has 0 bridgehead atoms. The van der Waals surface area contributed by atoms with Gasteiger partial charge in [0.25, 0.3) is 0 Å². The summed E-state index contributed by atoms with van der Waals surface area (Å²) in [4.78, 5) is 2.38. The number of hydrogen-bond acceptors (Lipinski definition) is 4. The van der Waals surface area contributed by atoms with E-state index in [0.29, 0.717) is 19.2 Å². The number of benzene rings is 1. The van der Waals surface area contributed by atoms with E-state index in [1.165, 1.54) is 24.1 Å². The van der Waals surface area contributed by atoms with Crippen molar-refractivity contribution in [2.45, 2.75) is 38.1 Å². The number of aliphatic hydroxyl groups excluding tert-OH is 1. The lowest BCUT2D eigenvalue weighted by Gasteiger charge is -2.25. The average molecular weight is 344 g/mol. The first-order chi connectivity index (χ1) is 12.2. The van der Waals surface area contributed by atoms with Crippen LogP contribution >= 0.6 is 0 Å². The summed E-state index contributed by atoms with van der Waals surface area (Å²) in [6.07, 6.45) is 4.12. The summed E-state index contributed by atoms with van der Waals surface area (Å²) in [6.45, 7) is 2.71. The van der Waals surface area contributed by atoms with E-state index in [1.807, 2.05) is 12.1 Å². The molecule has 2 aromatic rings. The lowest BCUT2D eigenvalue weighted by atomic mass is 10.2. The molecule has 3 rings (SSSR count). The van der Waals surface area contributed by atoms with Crippen molar-refractivity contribution in [3.63, 3.8) is 0 Å². The third kappa shape index (κ3) is 5.08. The van der Waals surface area contributed by atoms with E-state index in [-0.39, 0.29) is 0 Å². The van der Waals surface area contributed by atoms with Gasteiger partial charge in [0.05, 0.1) is 19.8 Å². The molecule has 5 nitrogen and oxygen atoms in total. The molecule has 0 spiro atoms. The van der Waals surface area contributed by atoms with Crippen LogP contribution < -0.4 is 4.74 Å². The molecule has 25 heavy (non-hydrogen) atoms. The highest BCUT2D eigenvalue weighted by Gasteiger charge is 2.30. The van der Waals surface area contributed by atoms with Gasteiger partial charge in [0.2, 0.25) is 0 Å². The molecule has 0 unspecified atom stereocenters. The van der Waals surface area contributed by atoms with E-state index >= 15 is 0 Å². The normalized spacial score (nSPS) is 15.5. The van der Waals surface area contributed by atoms with Gasteiger partial charge in [-0.15, -0.1) is 0 Å². The molecule has 1 atom stereocenters. The Morgan fingerprint density at radius 2 is 2.08 bits per heavy atom. The van der Waals surface area contributed by atoms with E-state index in [0.717, 1.165) is 18.8 Å². The zero-order valence-electron chi connectivity index (χ0n) is 15.1. The zero-order chi connectivity index (χ0) is 17.6. The molecule has 1 fully saturated rings. The van der Waals surface area contributed by atoms with Crippen LogP contribution in [-0.4, -0.2) is 54.1 Å². The maximum Gasteiger partial charge on any atom is 0.119 e. The summed E-state index contributed by atoms with van der Waals surface area (Å²) in [5.74, 6) is 0.883. The molecule has 136 valence electrons. The van der Waals surface area contributed by atoms with Gasteiger partial charge >= 0.3 is 0 Å². The Morgan fingerprint density at radius 3 is 2.80 bits per heavy atom. The van der Waals surface area contributed by atoms with Crippen molar-refractivity contribution in [2.24, 2.45) is 0 Å². The quantitative estimate of drug-likeness (QED) is 0.719. The van der Waals surface area contributed by atoms with E-state index in [2.05, 4.69) is 39.9 Å². The second kappa shape index (κ2) is 8.52. The third-order valence-electron chi connectivity index (χ3n) is 4.64. The smallest absolute Gasteiger partial charge is 0.119 e. The summed E-state index contributed by atoms with van der Waals surface area (Å²) in [6, 6.07) is 13.0. The molecule has 1 aromatic carbocycles. The monoisotopic (exact) mass is 344 g/mol. The first-order valence-electron chi connectivity index (χ1n) is 8.87. The Bertz CT molecular complexity index is 666. The van der Waals surface area contributed by atoms with E-state index in [9.17, 15) is 5.11 Å². The molecule has 1 aliphatic rings. The fourth-order valence-electron chi connectivity index (χ4n) is 3.22. The van der Waals surface area contributed by atoms with Crippen LogP contribution in [0.4, 0.5) is 0 Å². The van der Waals surface area contributed by atoms with Gasteiger partial charge in [-0.25, -0.2) is 0 Å². The summed E-state index contributed by atoms with van der Waals surface area (Å²) in [5, 5.41) is 10.1. The van der Waals surface area contributed by atoms with Gasteiger partial charge in [0, 0.05) is 44.7 Å². The zero-order valence-corrected chi connectivity index (χ0v) is 15.1. The topological polar surface area (TPSA) is 46.9 Å². The van der Waals surface area contributed by atoms with Crippen LogP contribution in [0.25, 0.3) is 0 Å². The summed E-state index contributed by atoms with van der Waals surface area (Å²) in [5.41, 5.74) is 2.48. The lowest BCUT2D eigenvalue weighted by Crippen LogP contribution is -2.36. The maximum absolute atomic E-state index is 10.1. The summed E-state index contributed by atoms with van der Waals surface area (Å²) < 4.78 is 12.7. The van der Waals surface area contributed by atoms with Crippen molar-refractivity contribution < 1.29 is 14.6 Å². The molecule has 0 saturated heterocycles. The molecule has 0 radical (unpaired) electrons. The highest BCUT2D eigenvalue weighted by Crippen LogP contribution is 2.28. The number of aromatic nitrogens is 1. The molecular weight excluding hydrogens is 316 g/mol. The number of hydrogen-bond donors (Lipinski definition) is 1. The maximum atomic E-state index is 10.1. The van der Waals surface area contributed by atoms with Crippen LogP contribution in [0.1, 0.15) is 24.1 Å². The minimum atomic E-state index is -0.438. The molecular formula is C20H28N2O3. The fraction of sp³-hybridized carbons (Fsp3) is 0.500. The highest BCUT2D eigenvalue weighted by atomic mass is 16.5. The Balaban J connectivity index is 1.67. The third-order valence-corrected chi connectivity index (χ3v) is 4.64. The summed E-state index contributed by atoms with van der Waals surface area (Å²) >= 11 is 0. The number of nitrogens with zero attached hydrogens (tertiary/aromatic N) is 2. The van der Waals surface area contributed by atoms with Gasteiger partial charge in [0.1, 0.15) is 5.75 Å². The molecule has 1 N–H and O–H groups in total. The standard InChI is InChI=1S/C20H28N2O3/c1-24-15-19(23)14-22(17-8-9-17)13-18-6-4-10-21(18)12-16-5-3-7-20(11-16)25-2/h3-7,10-11,17,19,23H,8-9,12-15H2,1-2H3/t19-/m0/s1. The number of ether oxygens (including phenoxy) is 2. The van der Waals surface area contributed by atoms with Crippen LogP contribution in [0.3, 0.4) is 0 Å². The van der Waals surface area contributed by atoms with Crippen molar-refractivity contribution in [1.82, 2.24) is 9.47 Å². The molecule has 1 aromatic heterocycles. The highest BCUT2D eigenvalue weighted by molar-refractivity contribution is 5.29. The van der Waals surface area contributed by atoms with Gasteiger partial charge in [0.15, 0.2) is 0 Å². The molecule has 0 aliphatic heterocycles. The second-order valence-corrected chi connectivity index (χ2v) is 6.75. The van der Waals surface area contributed by atoms with Gasteiger partial charge in [-0.2, -0.15) is 0 Å². The van der Waals surface area contributed by atoms with Crippen molar-refractivity contribution in [3.05, 3.63) is 53.9 Å². The van der Waals surface area contributed by atoms with E-state index in [4.69, 9.17) is 9.47 Å². The number of aliphatic hydroxyl groups is 1. The summed E-state index contributed by atoms with van der Waals surface area (Å²) in [7, 11) is 3.32. The molecule has 1 aliphatic carbocycles. The Kier molecular flexibility index (Phi) is 6.13. The van der Waals surface area contributed by atoms with Gasteiger partial charge in [-0.3, -0.25) is 4.90 Å². The van der Waals surface area contributed by atoms with Crippen molar-refractivity contribution in [3.8, 4) is 5.75 Å². The first-order valence-corrected chi connectivity index (χ1v) is 8.87. The largest absolute Gasteiger partial charge is 0.497 e. The Hall–Kier alpha value is -1.82. The van der Waals surface area contributed by atoms with Gasteiger partial charge in [-0.05, 0) is 42.7 Å². The van der Waals surface area contributed by atoms with Crippen LogP contribution in [0, 0.1) is 0 Å². The number of methoxy groups -OCH3 is 2. The van der Waals surface area contributed by atoms with Crippen molar-refractivity contribution >= 4 is 0 Å². The van der Waals surface area contributed by atoms with Crippen molar-refractivity contribution in [2.75, 3.05) is 27.4 Å². The van der Waals surface area contributed by atoms with Crippen LogP contribution in [0.15, 0.2) is 42.6 Å². The molecule has 0 amide bonds. The van der Waals surface area contributed by atoms with Crippen LogP contribution in [0.5, 0.6) is 5.75 Å². The number of rotatable bonds is 10. The van der Waals surface area contributed by atoms with Gasteiger partial charge < -0.3 is 19.1 Å². The molecule has 1 heterocycles. The first kappa shape index (κ1) is 18.0.